The maximum absolute atomic E-state index is 4.70. The predicted molar refractivity (Wildman–Crippen MR) is 83.7 cm³/mol. The van der Waals surface area contributed by atoms with Crippen LogP contribution in [0.4, 0.5) is 0 Å². The molecule has 0 spiro atoms. The van der Waals surface area contributed by atoms with Gasteiger partial charge in [0.15, 0.2) is 0 Å². The van der Waals surface area contributed by atoms with Crippen molar-refractivity contribution in [2.75, 3.05) is 7.05 Å². The summed E-state index contributed by atoms with van der Waals surface area (Å²) in [5.41, 5.74) is 1.19. The minimum atomic E-state index is 0.498. The van der Waals surface area contributed by atoms with Crippen molar-refractivity contribution in [2.45, 2.75) is 69.4 Å². The number of hydrogen-bond donors (Lipinski definition) is 0. The van der Waals surface area contributed by atoms with Gasteiger partial charge in [-0.25, -0.2) is 0 Å². The Morgan fingerprint density at radius 3 is 2.89 bits per heavy atom. The van der Waals surface area contributed by atoms with E-state index in [0.29, 0.717) is 16.9 Å². The molecule has 2 rings (SSSR count). The molecular weight excluding hydrogens is 302 g/mol. The summed E-state index contributed by atoms with van der Waals surface area (Å²) in [5.74, 6) is 0. The molecule has 0 aliphatic heterocycles. The molecule has 1 aliphatic rings. The van der Waals surface area contributed by atoms with Crippen molar-refractivity contribution in [2.24, 2.45) is 0 Å². The zero-order valence-electron chi connectivity index (χ0n) is 12.3. The molecule has 0 radical (unpaired) electrons. The summed E-state index contributed by atoms with van der Waals surface area (Å²) in [6, 6.07) is 3.31. The van der Waals surface area contributed by atoms with Crippen molar-refractivity contribution in [1.29, 1.82) is 0 Å². The number of rotatable bonds is 5. The molecule has 0 bridgehead atoms. The predicted octanol–water partition coefficient (Wildman–Crippen LogP) is 3.99. The second kappa shape index (κ2) is 6.89. The van der Waals surface area contributed by atoms with E-state index < -0.39 is 0 Å². The van der Waals surface area contributed by atoms with Crippen molar-refractivity contribution in [1.82, 2.24) is 14.7 Å². The Morgan fingerprint density at radius 2 is 2.21 bits per heavy atom. The number of halogens is 1. The van der Waals surface area contributed by atoms with Gasteiger partial charge >= 0.3 is 0 Å². The average Bonchev–Trinajstić information content (AvgIpc) is 2.86. The lowest BCUT2D eigenvalue weighted by Crippen LogP contribution is -2.40. The highest BCUT2D eigenvalue weighted by Crippen LogP contribution is 2.28. The summed E-state index contributed by atoms with van der Waals surface area (Å²) >= 11 is 3.84. The van der Waals surface area contributed by atoms with Crippen LogP contribution in [-0.4, -0.2) is 32.6 Å². The van der Waals surface area contributed by atoms with Crippen LogP contribution < -0.4 is 0 Å². The van der Waals surface area contributed by atoms with Gasteiger partial charge in [0.25, 0.3) is 0 Å². The highest BCUT2D eigenvalue weighted by molar-refractivity contribution is 9.09. The van der Waals surface area contributed by atoms with Gasteiger partial charge in [-0.2, -0.15) is 5.10 Å². The Labute approximate surface area is 125 Å². The van der Waals surface area contributed by atoms with Crippen molar-refractivity contribution < 1.29 is 0 Å². The minimum Gasteiger partial charge on any atom is -0.296 e. The van der Waals surface area contributed by atoms with Crippen LogP contribution in [0.3, 0.4) is 0 Å². The second-order valence-electron chi connectivity index (χ2n) is 5.83. The van der Waals surface area contributed by atoms with Crippen molar-refractivity contribution in [3.8, 4) is 0 Å². The third-order valence-corrected chi connectivity index (χ3v) is 5.40. The molecule has 1 saturated carbocycles. The summed E-state index contributed by atoms with van der Waals surface area (Å²) < 4.78 is 2.09. The normalized spacial score (nSPS) is 25.7. The van der Waals surface area contributed by atoms with E-state index >= 15 is 0 Å². The van der Waals surface area contributed by atoms with Gasteiger partial charge in [0.2, 0.25) is 0 Å². The van der Waals surface area contributed by atoms with E-state index in [-0.39, 0.29) is 0 Å². The fourth-order valence-corrected chi connectivity index (χ4v) is 3.82. The second-order valence-corrected chi connectivity index (χ2v) is 7.00. The maximum atomic E-state index is 4.70. The van der Waals surface area contributed by atoms with Crippen LogP contribution in [0.15, 0.2) is 12.3 Å². The van der Waals surface area contributed by atoms with Crippen LogP contribution in [0.1, 0.15) is 57.7 Å². The SMILES string of the molecule is CCC(C)n1ccc(CN(C)C2CCCCC2Br)n1. The Kier molecular flexibility index (Phi) is 5.46. The first-order chi connectivity index (χ1) is 9.11. The topological polar surface area (TPSA) is 21.1 Å². The van der Waals surface area contributed by atoms with E-state index in [0.717, 1.165) is 13.0 Å². The van der Waals surface area contributed by atoms with Gasteiger partial charge < -0.3 is 0 Å². The standard InChI is InChI=1S/C15H26BrN3/c1-4-12(2)19-10-9-13(17-19)11-18(3)15-8-6-5-7-14(15)16/h9-10,12,14-15H,4-8,11H2,1-3H3. The molecule has 0 aromatic carbocycles. The zero-order chi connectivity index (χ0) is 13.8. The van der Waals surface area contributed by atoms with Crippen molar-refractivity contribution >= 4 is 15.9 Å². The van der Waals surface area contributed by atoms with Crippen LogP contribution in [0.5, 0.6) is 0 Å². The maximum Gasteiger partial charge on any atom is 0.0764 e. The fraction of sp³-hybridized carbons (Fsp3) is 0.800. The van der Waals surface area contributed by atoms with E-state index in [2.05, 4.69) is 58.7 Å². The smallest absolute Gasteiger partial charge is 0.0764 e. The summed E-state index contributed by atoms with van der Waals surface area (Å²) in [5, 5.41) is 4.70. The highest BCUT2D eigenvalue weighted by atomic mass is 79.9. The number of alkyl halides is 1. The summed E-state index contributed by atoms with van der Waals surface area (Å²) in [4.78, 5) is 3.10. The van der Waals surface area contributed by atoms with Gasteiger partial charge in [0.05, 0.1) is 5.69 Å². The van der Waals surface area contributed by atoms with Crippen LogP contribution in [0, 0.1) is 0 Å². The van der Waals surface area contributed by atoms with Crippen LogP contribution >= 0.6 is 15.9 Å². The molecule has 0 amide bonds. The van der Waals surface area contributed by atoms with E-state index in [1.165, 1.54) is 31.4 Å². The highest BCUT2D eigenvalue weighted by Gasteiger charge is 2.26. The van der Waals surface area contributed by atoms with E-state index in [1.54, 1.807) is 0 Å². The van der Waals surface area contributed by atoms with Gasteiger partial charge in [-0.15, -0.1) is 0 Å². The molecule has 3 atom stereocenters. The van der Waals surface area contributed by atoms with Crippen molar-refractivity contribution in [3.05, 3.63) is 18.0 Å². The first kappa shape index (κ1) is 15.0. The van der Waals surface area contributed by atoms with Crippen molar-refractivity contribution in [3.63, 3.8) is 0 Å². The number of hydrogen-bond acceptors (Lipinski definition) is 2. The molecule has 1 aromatic rings. The zero-order valence-corrected chi connectivity index (χ0v) is 13.9. The molecule has 108 valence electrons. The Balaban J connectivity index is 1.94. The largest absolute Gasteiger partial charge is 0.296 e. The van der Waals surface area contributed by atoms with E-state index in [1.807, 2.05) is 0 Å². The molecule has 0 N–H and O–H groups in total. The lowest BCUT2D eigenvalue weighted by Gasteiger charge is -2.34. The monoisotopic (exact) mass is 327 g/mol. The number of nitrogens with zero attached hydrogens (tertiary/aromatic N) is 3. The lowest BCUT2D eigenvalue weighted by molar-refractivity contribution is 0.190. The molecule has 1 heterocycles. The van der Waals surface area contributed by atoms with Gasteiger partial charge in [-0.1, -0.05) is 35.7 Å². The quantitative estimate of drug-likeness (QED) is 0.762. The molecule has 4 heteroatoms. The van der Waals surface area contributed by atoms with Gasteiger partial charge in [0, 0.05) is 29.7 Å². The molecule has 3 nitrogen and oxygen atoms in total. The first-order valence-corrected chi connectivity index (χ1v) is 8.41. The van der Waals surface area contributed by atoms with Crippen LogP contribution in [0.25, 0.3) is 0 Å². The minimum absolute atomic E-state index is 0.498. The Morgan fingerprint density at radius 1 is 1.47 bits per heavy atom. The van der Waals surface area contributed by atoms with Crippen LogP contribution in [-0.2, 0) is 6.54 Å². The third-order valence-electron chi connectivity index (χ3n) is 4.33. The molecular formula is C15H26BrN3. The van der Waals surface area contributed by atoms with E-state index in [9.17, 15) is 0 Å². The van der Waals surface area contributed by atoms with Crippen LogP contribution in [0.2, 0.25) is 0 Å². The first-order valence-electron chi connectivity index (χ1n) is 7.50. The van der Waals surface area contributed by atoms with Gasteiger partial charge in [-0.3, -0.25) is 9.58 Å². The fourth-order valence-electron chi connectivity index (χ4n) is 2.83. The van der Waals surface area contributed by atoms with Gasteiger partial charge in [0.1, 0.15) is 0 Å². The summed E-state index contributed by atoms with van der Waals surface area (Å²) in [6.45, 7) is 5.38. The molecule has 0 saturated heterocycles. The molecule has 1 fully saturated rings. The Bertz CT molecular complexity index is 390. The summed E-state index contributed by atoms with van der Waals surface area (Å²) in [7, 11) is 2.23. The lowest BCUT2D eigenvalue weighted by atomic mass is 9.94. The molecule has 3 unspecified atom stereocenters. The van der Waals surface area contributed by atoms with E-state index in [4.69, 9.17) is 5.10 Å². The molecule has 1 aromatic heterocycles. The van der Waals surface area contributed by atoms with Gasteiger partial charge in [-0.05, 0) is 39.3 Å². The third kappa shape index (κ3) is 3.82. The molecule has 1 aliphatic carbocycles. The Hall–Kier alpha value is -0.350. The summed E-state index contributed by atoms with van der Waals surface area (Å²) in [6.07, 6.45) is 8.57. The average molecular weight is 328 g/mol. The molecule has 19 heavy (non-hydrogen) atoms. The number of aromatic nitrogens is 2.